The summed E-state index contributed by atoms with van der Waals surface area (Å²) in [5.74, 6) is 0.378. The molecule has 5 nitrogen and oxygen atoms in total. The molecule has 0 saturated carbocycles. The smallest absolute Gasteiger partial charge is 0.227 e. The summed E-state index contributed by atoms with van der Waals surface area (Å²) in [5.41, 5.74) is 7.68. The highest BCUT2D eigenvalue weighted by Gasteiger charge is 2.09. The summed E-state index contributed by atoms with van der Waals surface area (Å²) in [6, 6.07) is 8.93. The summed E-state index contributed by atoms with van der Waals surface area (Å²) in [6.07, 6.45) is 1.79. The van der Waals surface area contributed by atoms with Crippen LogP contribution in [0.5, 0.6) is 5.75 Å². The number of aromatic nitrogens is 1. The highest BCUT2D eigenvalue weighted by atomic mass is 35.5. The third-order valence-electron chi connectivity index (χ3n) is 2.88. The highest BCUT2D eigenvalue weighted by molar-refractivity contribution is 6.32. The van der Waals surface area contributed by atoms with Gasteiger partial charge in [0, 0.05) is 6.20 Å². The van der Waals surface area contributed by atoms with Crippen molar-refractivity contribution in [2.75, 3.05) is 17.7 Å². The molecule has 6 heteroatoms. The number of rotatable bonds is 5. The number of halogens is 1. The number of pyridine rings is 1. The standard InChI is InChI=1S/C15H16ClN3O2/c1-10-6-8-18-15(16)14(10)19-13(20)7-9-21-12-5-3-2-4-11(12)17/h2-6,8H,7,9,17H2,1H3,(H,19,20). The van der Waals surface area contributed by atoms with E-state index in [1.807, 2.05) is 19.1 Å². The minimum atomic E-state index is -0.192. The zero-order chi connectivity index (χ0) is 15.2. The van der Waals surface area contributed by atoms with Crippen LogP contribution in [0.1, 0.15) is 12.0 Å². The van der Waals surface area contributed by atoms with Crippen LogP contribution < -0.4 is 15.8 Å². The second-order valence-electron chi connectivity index (χ2n) is 4.48. The molecule has 1 heterocycles. The highest BCUT2D eigenvalue weighted by Crippen LogP contribution is 2.23. The average Bonchev–Trinajstić information content (AvgIpc) is 2.45. The van der Waals surface area contributed by atoms with E-state index in [9.17, 15) is 4.79 Å². The van der Waals surface area contributed by atoms with Crippen LogP contribution >= 0.6 is 11.6 Å². The van der Waals surface area contributed by atoms with E-state index in [1.165, 1.54) is 0 Å². The maximum Gasteiger partial charge on any atom is 0.227 e. The Balaban J connectivity index is 1.87. The number of carbonyl (C=O) groups is 1. The lowest BCUT2D eigenvalue weighted by Crippen LogP contribution is -2.16. The molecule has 0 unspecified atom stereocenters. The number of nitrogen functional groups attached to an aromatic ring is 1. The first-order valence-electron chi connectivity index (χ1n) is 6.46. The molecule has 0 bridgehead atoms. The van der Waals surface area contributed by atoms with E-state index in [-0.39, 0.29) is 24.1 Å². The molecule has 21 heavy (non-hydrogen) atoms. The zero-order valence-corrected chi connectivity index (χ0v) is 12.4. The van der Waals surface area contributed by atoms with E-state index in [1.54, 1.807) is 24.4 Å². The molecule has 0 aliphatic carbocycles. The average molecular weight is 306 g/mol. The molecule has 3 N–H and O–H groups in total. The maximum absolute atomic E-state index is 11.9. The molecular formula is C15H16ClN3O2. The number of carbonyl (C=O) groups excluding carboxylic acids is 1. The van der Waals surface area contributed by atoms with Gasteiger partial charge in [-0.25, -0.2) is 4.98 Å². The van der Waals surface area contributed by atoms with Crippen molar-refractivity contribution in [3.05, 3.63) is 47.2 Å². The van der Waals surface area contributed by atoms with Crippen molar-refractivity contribution in [3.8, 4) is 5.75 Å². The Morgan fingerprint density at radius 1 is 1.38 bits per heavy atom. The van der Waals surface area contributed by atoms with Crippen LogP contribution in [0.2, 0.25) is 5.15 Å². The summed E-state index contributed by atoms with van der Waals surface area (Å²) in [7, 11) is 0. The fourth-order valence-corrected chi connectivity index (χ4v) is 2.00. The summed E-state index contributed by atoms with van der Waals surface area (Å²) >= 11 is 5.95. The van der Waals surface area contributed by atoms with Gasteiger partial charge < -0.3 is 15.8 Å². The lowest BCUT2D eigenvalue weighted by atomic mass is 10.2. The molecule has 0 saturated heterocycles. The molecule has 2 rings (SSSR count). The number of benzene rings is 1. The van der Waals surface area contributed by atoms with Crippen molar-refractivity contribution in [2.24, 2.45) is 0 Å². The Kier molecular flexibility index (Phi) is 5.00. The summed E-state index contributed by atoms with van der Waals surface area (Å²) in [5, 5.41) is 3.01. The Labute approximate surface area is 128 Å². The number of para-hydroxylation sites is 2. The maximum atomic E-state index is 11.9. The topological polar surface area (TPSA) is 77.2 Å². The number of aryl methyl sites for hydroxylation is 1. The van der Waals surface area contributed by atoms with E-state index in [2.05, 4.69) is 10.3 Å². The molecule has 2 aromatic rings. The second kappa shape index (κ2) is 6.95. The second-order valence-corrected chi connectivity index (χ2v) is 4.84. The van der Waals surface area contributed by atoms with Crippen molar-refractivity contribution >= 4 is 28.9 Å². The molecule has 0 aliphatic heterocycles. The minimum absolute atomic E-state index is 0.192. The number of anilines is 2. The van der Waals surface area contributed by atoms with E-state index in [0.717, 1.165) is 5.56 Å². The summed E-state index contributed by atoms with van der Waals surface area (Å²) in [6.45, 7) is 2.08. The Morgan fingerprint density at radius 3 is 2.86 bits per heavy atom. The molecular weight excluding hydrogens is 290 g/mol. The predicted octanol–water partition coefficient (Wildman–Crippen LogP) is 3.03. The first-order valence-corrected chi connectivity index (χ1v) is 6.84. The quantitative estimate of drug-likeness (QED) is 0.657. The van der Waals surface area contributed by atoms with Crippen molar-refractivity contribution in [3.63, 3.8) is 0 Å². The van der Waals surface area contributed by atoms with Gasteiger partial charge in [0.15, 0.2) is 5.15 Å². The number of hydrogen-bond donors (Lipinski definition) is 2. The number of ether oxygens (including phenoxy) is 1. The molecule has 0 radical (unpaired) electrons. The van der Waals surface area contributed by atoms with E-state index in [4.69, 9.17) is 22.1 Å². The molecule has 0 aliphatic rings. The van der Waals surface area contributed by atoms with Gasteiger partial charge in [-0.1, -0.05) is 23.7 Å². The number of nitrogens with zero attached hydrogens (tertiary/aromatic N) is 1. The molecule has 1 aromatic heterocycles. The lowest BCUT2D eigenvalue weighted by Gasteiger charge is -2.11. The van der Waals surface area contributed by atoms with Crippen molar-refractivity contribution in [1.82, 2.24) is 4.98 Å². The fourth-order valence-electron chi connectivity index (χ4n) is 1.74. The number of nitrogens with two attached hydrogens (primary N) is 1. The third kappa shape index (κ3) is 4.10. The van der Waals surface area contributed by atoms with Crippen molar-refractivity contribution in [2.45, 2.75) is 13.3 Å². The molecule has 0 atom stereocenters. The number of amides is 1. The van der Waals surface area contributed by atoms with Crippen LogP contribution in [0, 0.1) is 6.92 Å². The third-order valence-corrected chi connectivity index (χ3v) is 3.17. The van der Waals surface area contributed by atoms with Crippen LogP contribution in [0.25, 0.3) is 0 Å². The number of nitrogens with one attached hydrogen (secondary N) is 1. The van der Waals surface area contributed by atoms with Gasteiger partial charge in [0.1, 0.15) is 5.75 Å². The van der Waals surface area contributed by atoms with Gasteiger partial charge in [0.25, 0.3) is 0 Å². The monoisotopic (exact) mass is 305 g/mol. The molecule has 1 aromatic carbocycles. The van der Waals surface area contributed by atoms with Gasteiger partial charge in [0.2, 0.25) is 5.91 Å². The predicted molar refractivity (Wildman–Crippen MR) is 83.6 cm³/mol. The normalized spacial score (nSPS) is 10.2. The van der Waals surface area contributed by atoms with Gasteiger partial charge in [-0.3, -0.25) is 4.79 Å². The van der Waals surface area contributed by atoms with Crippen LogP contribution in [0.3, 0.4) is 0 Å². The van der Waals surface area contributed by atoms with Gasteiger partial charge in [-0.15, -0.1) is 0 Å². The molecule has 1 amide bonds. The van der Waals surface area contributed by atoms with E-state index in [0.29, 0.717) is 17.1 Å². The largest absolute Gasteiger partial charge is 0.491 e. The van der Waals surface area contributed by atoms with Crippen LogP contribution in [-0.2, 0) is 4.79 Å². The summed E-state index contributed by atoms with van der Waals surface area (Å²) < 4.78 is 5.47. The van der Waals surface area contributed by atoms with Gasteiger partial charge in [-0.05, 0) is 30.7 Å². The Morgan fingerprint density at radius 2 is 2.14 bits per heavy atom. The van der Waals surface area contributed by atoms with E-state index >= 15 is 0 Å². The zero-order valence-electron chi connectivity index (χ0n) is 11.6. The molecule has 0 spiro atoms. The van der Waals surface area contributed by atoms with Gasteiger partial charge >= 0.3 is 0 Å². The van der Waals surface area contributed by atoms with Crippen molar-refractivity contribution < 1.29 is 9.53 Å². The van der Waals surface area contributed by atoms with Crippen LogP contribution in [-0.4, -0.2) is 17.5 Å². The fraction of sp³-hybridized carbons (Fsp3) is 0.200. The van der Waals surface area contributed by atoms with Crippen LogP contribution in [0.4, 0.5) is 11.4 Å². The lowest BCUT2D eigenvalue weighted by molar-refractivity contribution is -0.116. The summed E-state index contributed by atoms with van der Waals surface area (Å²) in [4.78, 5) is 15.8. The number of hydrogen-bond acceptors (Lipinski definition) is 4. The van der Waals surface area contributed by atoms with Gasteiger partial charge in [-0.2, -0.15) is 0 Å². The Bertz CT molecular complexity index is 626. The molecule has 110 valence electrons. The first kappa shape index (κ1) is 15.1. The van der Waals surface area contributed by atoms with Gasteiger partial charge in [0.05, 0.1) is 24.4 Å². The van der Waals surface area contributed by atoms with Crippen LogP contribution in [0.15, 0.2) is 36.5 Å². The van der Waals surface area contributed by atoms with E-state index < -0.39 is 0 Å². The Hall–Kier alpha value is -2.27. The minimum Gasteiger partial charge on any atom is -0.491 e. The first-order chi connectivity index (χ1) is 10.1. The SMILES string of the molecule is Cc1ccnc(Cl)c1NC(=O)CCOc1ccccc1N. The molecule has 0 fully saturated rings. The van der Waals surface area contributed by atoms with Crippen molar-refractivity contribution in [1.29, 1.82) is 0 Å².